The van der Waals surface area contributed by atoms with Crippen LogP contribution in [0.5, 0.6) is 0 Å². The van der Waals surface area contributed by atoms with E-state index in [9.17, 15) is 0 Å². The third-order valence-electron chi connectivity index (χ3n) is 2.04. The Morgan fingerprint density at radius 1 is 1.67 bits per heavy atom. The standard InChI is InChI=1S/C9H14N2S/c1-2-5-10-9-11-8(6-12-9)7-3-4-7/h6-7H,2-5H2,1H3,(H,10,11). The highest BCUT2D eigenvalue weighted by Gasteiger charge is 2.25. The first-order valence-electron chi connectivity index (χ1n) is 4.59. The minimum atomic E-state index is 0.790. The monoisotopic (exact) mass is 182 g/mol. The molecule has 0 amide bonds. The number of nitrogens with zero attached hydrogens (tertiary/aromatic N) is 1. The molecule has 0 aliphatic heterocycles. The number of hydrogen-bond donors (Lipinski definition) is 1. The second kappa shape index (κ2) is 3.44. The third-order valence-corrected chi connectivity index (χ3v) is 2.86. The molecule has 1 aromatic rings. The van der Waals surface area contributed by atoms with Crippen LogP contribution in [0.2, 0.25) is 0 Å². The average Bonchev–Trinajstić information content (AvgIpc) is 2.83. The molecule has 0 unspecified atom stereocenters. The van der Waals surface area contributed by atoms with Gasteiger partial charge in [0, 0.05) is 17.8 Å². The summed E-state index contributed by atoms with van der Waals surface area (Å²) in [5, 5.41) is 6.59. The fourth-order valence-electron chi connectivity index (χ4n) is 1.17. The molecule has 0 saturated heterocycles. The van der Waals surface area contributed by atoms with Gasteiger partial charge in [-0.25, -0.2) is 4.98 Å². The van der Waals surface area contributed by atoms with Crippen molar-refractivity contribution in [2.24, 2.45) is 0 Å². The molecule has 0 bridgehead atoms. The molecule has 1 aliphatic carbocycles. The quantitative estimate of drug-likeness (QED) is 0.774. The third kappa shape index (κ3) is 1.78. The number of nitrogens with one attached hydrogen (secondary N) is 1. The molecular weight excluding hydrogens is 168 g/mol. The van der Waals surface area contributed by atoms with E-state index in [0.29, 0.717) is 0 Å². The predicted molar refractivity (Wildman–Crippen MR) is 52.9 cm³/mol. The van der Waals surface area contributed by atoms with Crippen LogP contribution in [0, 0.1) is 0 Å². The van der Waals surface area contributed by atoms with E-state index in [0.717, 1.165) is 17.6 Å². The van der Waals surface area contributed by atoms with Crippen molar-refractivity contribution in [1.29, 1.82) is 0 Å². The number of thiazole rings is 1. The van der Waals surface area contributed by atoms with Crippen LogP contribution < -0.4 is 5.32 Å². The second-order valence-corrected chi connectivity index (χ2v) is 4.14. The molecule has 66 valence electrons. The molecule has 0 radical (unpaired) electrons. The summed E-state index contributed by atoms with van der Waals surface area (Å²) < 4.78 is 0. The summed E-state index contributed by atoms with van der Waals surface area (Å²) in [4.78, 5) is 4.52. The molecule has 1 aliphatic rings. The zero-order valence-corrected chi connectivity index (χ0v) is 8.16. The summed E-state index contributed by atoms with van der Waals surface area (Å²) in [5.74, 6) is 0.790. The predicted octanol–water partition coefficient (Wildman–Crippen LogP) is 2.84. The maximum Gasteiger partial charge on any atom is 0.182 e. The van der Waals surface area contributed by atoms with Crippen LogP contribution in [0.25, 0.3) is 0 Å². The lowest BCUT2D eigenvalue weighted by Crippen LogP contribution is -1.98. The lowest BCUT2D eigenvalue weighted by Gasteiger charge is -1.96. The number of rotatable bonds is 4. The van der Waals surface area contributed by atoms with E-state index in [4.69, 9.17) is 0 Å². The number of aromatic nitrogens is 1. The van der Waals surface area contributed by atoms with E-state index in [-0.39, 0.29) is 0 Å². The van der Waals surface area contributed by atoms with Gasteiger partial charge in [-0.05, 0) is 19.3 Å². The average molecular weight is 182 g/mol. The van der Waals surface area contributed by atoms with Gasteiger partial charge < -0.3 is 5.32 Å². The van der Waals surface area contributed by atoms with Gasteiger partial charge in [-0.3, -0.25) is 0 Å². The Bertz CT molecular complexity index is 253. The number of anilines is 1. The van der Waals surface area contributed by atoms with Crippen LogP contribution >= 0.6 is 11.3 Å². The smallest absolute Gasteiger partial charge is 0.182 e. The lowest BCUT2D eigenvalue weighted by molar-refractivity contribution is 0.967. The van der Waals surface area contributed by atoms with Crippen molar-refractivity contribution in [2.45, 2.75) is 32.1 Å². The Labute approximate surface area is 77.0 Å². The summed E-state index contributed by atoms with van der Waals surface area (Å²) >= 11 is 1.74. The molecule has 1 N–H and O–H groups in total. The highest BCUT2D eigenvalue weighted by Crippen LogP contribution is 2.40. The highest BCUT2D eigenvalue weighted by molar-refractivity contribution is 7.13. The zero-order valence-electron chi connectivity index (χ0n) is 7.34. The van der Waals surface area contributed by atoms with Crippen LogP contribution in [-0.2, 0) is 0 Å². The molecule has 2 rings (SSSR count). The van der Waals surface area contributed by atoms with Crippen LogP contribution in [0.4, 0.5) is 5.13 Å². The fourth-order valence-corrected chi connectivity index (χ4v) is 1.99. The SMILES string of the molecule is CCCNc1nc(C2CC2)cs1. The minimum absolute atomic E-state index is 0.790. The van der Waals surface area contributed by atoms with E-state index >= 15 is 0 Å². The van der Waals surface area contributed by atoms with Gasteiger partial charge in [0.15, 0.2) is 5.13 Å². The van der Waals surface area contributed by atoms with Crippen LogP contribution in [-0.4, -0.2) is 11.5 Å². The molecule has 0 spiro atoms. The van der Waals surface area contributed by atoms with Gasteiger partial charge in [-0.15, -0.1) is 11.3 Å². The molecule has 1 saturated carbocycles. The highest BCUT2D eigenvalue weighted by atomic mass is 32.1. The van der Waals surface area contributed by atoms with E-state index < -0.39 is 0 Å². The topological polar surface area (TPSA) is 24.9 Å². The Morgan fingerprint density at radius 3 is 3.17 bits per heavy atom. The molecule has 0 aromatic carbocycles. The van der Waals surface area contributed by atoms with Crippen molar-refractivity contribution in [3.63, 3.8) is 0 Å². The summed E-state index contributed by atoms with van der Waals surface area (Å²) in [6.07, 6.45) is 3.85. The van der Waals surface area contributed by atoms with E-state index in [2.05, 4.69) is 22.6 Å². The van der Waals surface area contributed by atoms with Gasteiger partial charge in [0.1, 0.15) is 0 Å². The largest absolute Gasteiger partial charge is 0.362 e. The normalized spacial score (nSPS) is 16.4. The number of hydrogen-bond acceptors (Lipinski definition) is 3. The van der Waals surface area contributed by atoms with Gasteiger partial charge in [-0.2, -0.15) is 0 Å². The first-order chi connectivity index (χ1) is 5.90. The molecule has 1 fully saturated rings. The molecule has 12 heavy (non-hydrogen) atoms. The van der Waals surface area contributed by atoms with Crippen molar-refractivity contribution in [3.8, 4) is 0 Å². The molecule has 1 heterocycles. The fraction of sp³-hybridized carbons (Fsp3) is 0.667. The Morgan fingerprint density at radius 2 is 2.50 bits per heavy atom. The van der Waals surface area contributed by atoms with Crippen molar-refractivity contribution in [2.75, 3.05) is 11.9 Å². The molecule has 2 nitrogen and oxygen atoms in total. The van der Waals surface area contributed by atoms with E-state index in [1.54, 1.807) is 11.3 Å². The van der Waals surface area contributed by atoms with Gasteiger partial charge in [0.2, 0.25) is 0 Å². The maximum atomic E-state index is 4.52. The molecule has 3 heteroatoms. The molecule has 0 atom stereocenters. The van der Waals surface area contributed by atoms with Crippen LogP contribution in [0.1, 0.15) is 37.8 Å². The van der Waals surface area contributed by atoms with Gasteiger partial charge in [0.25, 0.3) is 0 Å². The van der Waals surface area contributed by atoms with Gasteiger partial charge in [-0.1, -0.05) is 6.92 Å². The van der Waals surface area contributed by atoms with Crippen LogP contribution in [0.3, 0.4) is 0 Å². The van der Waals surface area contributed by atoms with Crippen molar-refractivity contribution in [1.82, 2.24) is 4.98 Å². The zero-order chi connectivity index (χ0) is 8.39. The van der Waals surface area contributed by atoms with E-state index in [1.807, 2.05) is 0 Å². The Kier molecular flexibility index (Phi) is 2.30. The van der Waals surface area contributed by atoms with Crippen molar-refractivity contribution >= 4 is 16.5 Å². The summed E-state index contributed by atoms with van der Waals surface area (Å²) in [5.41, 5.74) is 1.30. The van der Waals surface area contributed by atoms with Gasteiger partial charge >= 0.3 is 0 Å². The first kappa shape index (κ1) is 8.05. The summed E-state index contributed by atoms with van der Waals surface area (Å²) in [6, 6.07) is 0. The Hall–Kier alpha value is -0.570. The molecule has 1 aromatic heterocycles. The van der Waals surface area contributed by atoms with Crippen molar-refractivity contribution in [3.05, 3.63) is 11.1 Å². The van der Waals surface area contributed by atoms with Crippen molar-refractivity contribution < 1.29 is 0 Å². The minimum Gasteiger partial charge on any atom is -0.362 e. The second-order valence-electron chi connectivity index (χ2n) is 3.28. The molecular formula is C9H14N2S. The van der Waals surface area contributed by atoms with Crippen LogP contribution in [0.15, 0.2) is 5.38 Å². The summed E-state index contributed by atoms with van der Waals surface area (Å²) in [6.45, 7) is 3.21. The maximum absolute atomic E-state index is 4.52. The first-order valence-corrected chi connectivity index (χ1v) is 5.47. The Balaban J connectivity index is 1.93. The summed E-state index contributed by atoms with van der Waals surface area (Å²) in [7, 11) is 0. The lowest BCUT2D eigenvalue weighted by atomic mass is 10.3. The van der Waals surface area contributed by atoms with E-state index in [1.165, 1.54) is 25.0 Å². The van der Waals surface area contributed by atoms with Gasteiger partial charge in [0.05, 0.1) is 5.69 Å².